The summed E-state index contributed by atoms with van der Waals surface area (Å²) < 4.78 is 5.34. The van der Waals surface area contributed by atoms with Crippen LogP contribution in [0.3, 0.4) is 0 Å². The molecule has 0 aromatic rings. The van der Waals surface area contributed by atoms with Gasteiger partial charge in [0.1, 0.15) is 11.4 Å². The average molecular weight is 254 g/mol. The lowest BCUT2D eigenvalue weighted by Crippen LogP contribution is -2.57. The highest BCUT2D eigenvalue weighted by Gasteiger charge is 2.36. The molecule has 102 valence electrons. The molecular weight excluding hydrogens is 232 g/mol. The monoisotopic (exact) mass is 254 g/mol. The minimum Gasteiger partial charge on any atom is -0.444 e. The van der Waals surface area contributed by atoms with E-state index in [4.69, 9.17) is 4.74 Å². The van der Waals surface area contributed by atoms with Crippen LogP contribution in [0.2, 0.25) is 0 Å². The number of carbonyl (C=O) groups is 2. The maximum Gasteiger partial charge on any atom is 0.410 e. The molecule has 0 radical (unpaired) electrons. The van der Waals surface area contributed by atoms with Crippen molar-refractivity contribution in [3.8, 4) is 0 Å². The van der Waals surface area contributed by atoms with Crippen LogP contribution < -0.4 is 0 Å². The molecule has 1 aliphatic carbocycles. The maximum absolute atomic E-state index is 11.9. The van der Waals surface area contributed by atoms with Gasteiger partial charge in [0.05, 0.1) is 6.04 Å². The second-order valence-corrected chi connectivity index (χ2v) is 6.02. The summed E-state index contributed by atoms with van der Waals surface area (Å²) in [7, 11) is 0. The zero-order valence-electron chi connectivity index (χ0n) is 11.4. The fourth-order valence-corrected chi connectivity index (χ4v) is 2.32. The third kappa shape index (κ3) is 3.02. The summed E-state index contributed by atoms with van der Waals surface area (Å²) in [5, 5.41) is 0. The zero-order valence-corrected chi connectivity index (χ0v) is 11.4. The van der Waals surface area contributed by atoms with Gasteiger partial charge in [0.25, 0.3) is 0 Å². The first kappa shape index (κ1) is 13.3. The van der Waals surface area contributed by atoms with Gasteiger partial charge in [-0.15, -0.1) is 0 Å². The topological polar surface area (TPSA) is 49.9 Å². The third-order valence-electron chi connectivity index (χ3n) is 3.44. The highest BCUT2D eigenvalue weighted by atomic mass is 16.6. The number of rotatable bonds is 1. The van der Waals surface area contributed by atoms with Crippen LogP contribution in [0.1, 0.15) is 33.6 Å². The first-order valence-electron chi connectivity index (χ1n) is 6.61. The number of ketones is 1. The van der Waals surface area contributed by atoms with Crippen molar-refractivity contribution in [2.24, 2.45) is 0 Å². The van der Waals surface area contributed by atoms with Gasteiger partial charge in [-0.05, 0) is 27.2 Å². The molecule has 0 spiro atoms. The van der Waals surface area contributed by atoms with Crippen molar-refractivity contribution in [2.45, 2.75) is 45.3 Å². The molecule has 1 heterocycles. The molecule has 1 saturated carbocycles. The number of amides is 1. The van der Waals surface area contributed by atoms with Crippen LogP contribution in [0.4, 0.5) is 4.79 Å². The van der Waals surface area contributed by atoms with Crippen LogP contribution in [0.5, 0.6) is 0 Å². The molecule has 2 fully saturated rings. The van der Waals surface area contributed by atoms with Crippen molar-refractivity contribution >= 4 is 11.9 Å². The van der Waals surface area contributed by atoms with Crippen molar-refractivity contribution in [3.05, 3.63) is 0 Å². The van der Waals surface area contributed by atoms with Crippen LogP contribution in [0.15, 0.2) is 0 Å². The van der Waals surface area contributed by atoms with Crippen molar-refractivity contribution in [1.82, 2.24) is 9.80 Å². The van der Waals surface area contributed by atoms with E-state index in [0.29, 0.717) is 18.9 Å². The van der Waals surface area contributed by atoms with Crippen LogP contribution in [0.25, 0.3) is 0 Å². The molecule has 2 aliphatic rings. The van der Waals surface area contributed by atoms with E-state index in [9.17, 15) is 9.59 Å². The minimum absolute atomic E-state index is 0.116. The van der Waals surface area contributed by atoms with Gasteiger partial charge in [-0.2, -0.15) is 0 Å². The minimum atomic E-state index is -0.446. The Bertz CT molecular complexity index is 341. The van der Waals surface area contributed by atoms with Crippen molar-refractivity contribution in [3.63, 3.8) is 0 Å². The van der Waals surface area contributed by atoms with E-state index in [1.54, 1.807) is 4.90 Å². The van der Waals surface area contributed by atoms with Crippen LogP contribution in [0, 0.1) is 0 Å². The Hall–Kier alpha value is -1.10. The summed E-state index contributed by atoms with van der Waals surface area (Å²) in [4.78, 5) is 27.2. The van der Waals surface area contributed by atoms with E-state index >= 15 is 0 Å². The lowest BCUT2D eigenvalue weighted by atomic mass is 9.89. The zero-order chi connectivity index (χ0) is 13.3. The largest absolute Gasteiger partial charge is 0.444 e. The molecule has 1 amide bonds. The third-order valence-corrected chi connectivity index (χ3v) is 3.44. The Kier molecular flexibility index (Phi) is 3.61. The summed E-state index contributed by atoms with van der Waals surface area (Å²) in [5.41, 5.74) is -0.446. The molecule has 2 rings (SSSR count). The van der Waals surface area contributed by atoms with Crippen LogP contribution >= 0.6 is 0 Å². The first-order chi connectivity index (χ1) is 8.37. The molecule has 1 aliphatic heterocycles. The van der Waals surface area contributed by atoms with Gasteiger partial charge in [0.2, 0.25) is 0 Å². The van der Waals surface area contributed by atoms with E-state index in [1.807, 2.05) is 20.8 Å². The molecule has 0 N–H and O–H groups in total. The standard InChI is InChI=1S/C13H22N2O3/c1-13(2,3)18-12(17)15-8-6-14(7-9-15)10-4-5-11(10)16/h10H,4-9H2,1-3H3. The summed E-state index contributed by atoms with van der Waals surface area (Å²) in [6.45, 7) is 8.46. The summed E-state index contributed by atoms with van der Waals surface area (Å²) in [5.74, 6) is 0.348. The lowest BCUT2D eigenvalue weighted by Gasteiger charge is -2.41. The Morgan fingerprint density at radius 3 is 2.22 bits per heavy atom. The Labute approximate surface area is 108 Å². The summed E-state index contributed by atoms with van der Waals surface area (Å²) >= 11 is 0. The van der Waals surface area contributed by atoms with E-state index in [1.165, 1.54) is 0 Å². The van der Waals surface area contributed by atoms with E-state index in [-0.39, 0.29) is 12.1 Å². The smallest absolute Gasteiger partial charge is 0.410 e. The molecule has 1 atom stereocenters. The molecule has 0 bridgehead atoms. The highest BCUT2D eigenvalue weighted by molar-refractivity contribution is 5.89. The molecule has 0 aromatic heterocycles. The summed E-state index contributed by atoms with van der Waals surface area (Å²) in [6, 6.07) is 0.116. The second-order valence-electron chi connectivity index (χ2n) is 6.02. The maximum atomic E-state index is 11.9. The lowest BCUT2D eigenvalue weighted by molar-refractivity contribution is -0.132. The molecule has 5 nitrogen and oxygen atoms in total. The Balaban J connectivity index is 1.79. The Morgan fingerprint density at radius 1 is 1.22 bits per heavy atom. The quantitative estimate of drug-likeness (QED) is 0.707. The predicted molar refractivity (Wildman–Crippen MR) is 67.4 cm³/mol. The molecular formula is C13H22N2O3. The van der Waals surface area contributed by atoms with Gasteiger partial charge in [0, 0.05) is 32.6 Å². The average Bonchev–Trinajstić information content (AvgIpc) is 2.25. The number of carbonyl (C=O) groups excluding carboxylic acids is 2. The normalized spacial score (nSPS) is 25.8. The molecule has 18 heavy (non-hydrogen) atoms. The molecule has 1 unspecified atom stereocenters. The highest BCUT2D eigenvalue weighted by Crippen LogP contribution is 2.22. The van der Waals surface area contributed by atoms with Gasteiger partial charge in [-0.3, -0.25) is 9.69 Å². The number of piperazine rings is 1. The number of hydrogen-bond acceptors (Lipinski definition) is 4. The van der Waals surface area contributed by atoms with Gasteiger partial charge in [-0.1, -0.05) is 0 Å². The van der Waals surface area contributed by atoms with Gasteiger partial charge in [0.15, 0.2) is 0 Å². The number of ether oxygens (including phenoxy) is 1. The van der Waals surface area contributed by atoms with E-state index < -0.39 is 5.60 Å². The van der Waals surface area contributed by atoms with Crippen molar-refractivity contribution < 1.29 is 14.3 Å². The first-order valence-corrected chi connectivity index (χ1v) is 6.61. The fourth-order valence-electron chi connectivity index (χ4n) is 2.32. The summed E-state index contributed by atoms with van der Waals surface area (Å²) in [6.07, 6.45) is 1.45. The number of nitrogens with zero attached hydrogens (tertiary/aromatic N) is 2. The van der Waals surface area contributed by atoms with Crippen LogP contribution in [-0.2, 0) is 9.53 Å². The SMILES string of the molecule is CC(C)(C)OC(=O)N1CCN(C2CCC2=O)CC1. The molecule has 1 saturated heterocycles. The number of Topliss-reactive ketones (excluding diaryl/α,β-unsaturated/α-hetero) is 1. The van der Waals surface area contributed by atoms with Gasteiger partial charge < -0.3 is 9.64 Å². The van der Waals surface area contributed by atoms with Crippen molar-refractivity contribution in [2.75, 3.05) is 26.2 Å². The van der Waals surface area contributed by atoms with Crippen LogP contribution in [-0.4, -0.2) is 59.5 Å². The molecule has 5 heteroatoms. The number of hydrogen-bond donors (Lipinski definition) is 0. The van der Waals surface area contributed by atoms with E-state index in [2.05, 4.69) is 4.90 Å². The van der Waals surface area contributed by atoms with Crippen molar-refractivity contribution in [1.29, 1.82) is 0 Å². The Morgan fingerprint density at radius 2 is 1.83 bits per heavy atom. The fraction of sp³-hybridized carbons (Fsp3) is 0.846. The second kappa shape index (κ2) is 4.88. The van der Waals surface area contributed by atoms with E-state index in [0.717, 1.165) is 25.9 Å². The van der Waals surface area contributed by atoms with Gasteiger partial charge >= 0.3 is 6.09 Å². The van der Waals surface area contributed by atoms with Gasteiger partial charge in [-0.25, -0.2) is 4.79 Å². The molecule has 0 aromatic carbocycles. The predicted octanol–water partition coefficient (Wildman–Crippen LogP) is 1.27.